The molecule has 5 aromatic rings. The quantitative estimate of drug-likeness (QED) is 0.211. The molecule has 0 saturated heterocycles. The molecule has 0 aliphatic heterocycles. The van der Waals surface area contributed by atoms with Crippen LogP contribution in [0.4, 0.5) is 17.2 Å². The van der Waals surface area contributed by atoms with E-state index in [1.165, 1.54) is 6.33 Å². The molecule has 0 fully saturated rings. The molecule has 0 spiro atoms. The molecule has 8 heteroatoms. The summed E-state index contributed by atoms with van der Waals surface area (Å²) in [7, 11) is 1.65. The Hall–Kier alpha value is -4.43. The van der Waals surface area contributed by atoms with Gasteiger partial charge < -0.3 is 15.4 Å². The molecular weight excluding hydrogens is 506 g/mol. The Kier molecular flexibility index (Phi) is 7.74. The number of hydrogen-bond acceptors (Lipinski definition) is 7. The molecular formula is C31H29N5O2S. The summed E-state index contributed by atoms with van der Waals surface area (Å²) in [5.41, 5.74) is 4.65. The molecule has 0 saturated carbocycles. The second-order valence-corrected chi connectivity index (χ2v) is 10.5. The average molecular weight is 536 g/mol. The Bertz CT molecular complexity index is 1640. The first-order valence-corrected chi connectivity index (χ1v) is 13.4. The van der Waals surface area contributed by atoms with Gasteiger partial charge in [0.25, 0.3) is 5.91 Å². The lowest BCUT2D eigenvalue weighted by atomic mass is 10.1. The molecule has 196 valence electrons. The van der Waals surface area contributed by atoms with Gasteiger partial charge in [-0.1, -0.05) is 43.8 Å². The lowest BCUT2D eigenvalue weighted by molar-refractivity contribution is 0.102. The number of aromatic nitrogens is 3. The largest absolute Gasteiger partial charge is 0.497 e. The van der Waals surface area contributed by atoms with Crippen molar-refractivity contribution in [2.45, 2.75) is 36.5 Å². The smallest absolute Gasteiger partial charge is 0.255 e. The first-order valence-electron chi connectivity index (χ1n) is 12.6. The summed E-state index contributed by atoms with van der Waals surface area (Å²) in [5, 5.41) is 7.29. The third kappa shape index (κ3) is 6.02. The van der Waals surface area contributed by atoms with E-state index >= 15 is 0 Å². The molecule has 2 heterocycles. The number of nitrogens with one attached hydrogen (secondary N) is 2. The summed E-state index contributed by atoms with van der Waals surface area (Å²) in [6.45, 7) is 6.17. The minimum atomic E-state index is -0.191. The Labute approximate surface area is 232 Å². The van der Waals surface area contributed by atoms with E-state index in [1.54, 1.807) is 18.9 Å². The van der Waals surface area contributed by atoms with Crippen LogP contribution in [0, 0.1) is 6.92 Å². The maximum Gasteiger partial charge on any atom is 0.255 e. The van der Waals surface area contributed by atoms with Crippen molar-refractivity contribution in [2.75, 3.05) is 17.7 Å². The van der Waals surface area contributed by atoms with Crippen LogP contribution in [0.3, 0.4) is 0 Å². The summed E-state index contributed by atoms with van der Waals surface area (Å²) in [6, 6.07) is 25.2. The zero-order valence-electron chi connectivity index (χ0n) is 22.2. The third-order valence-electron chi connectivity index (χ3n) is 6.29. The van der Waals surface area contributed by atoms with Crippen LogP contribution in [0.15, 0.2) is 95.0 Å². The maximum atomic E-state index is 13.2. The van der Waals surface area contributed by atoms with E-state index in [-0.39, 0.29) is 11.8 Å². The van der Waals surface area contributed by atoms with Crippen LogP contribution in [-0.4, -0.2) is 28.0 Å². The fraction of sp³-hybridized carbons (Fsp3) is 0.161. The van der Waals surface area contributed by atoms with Crippen molar-refractivity contribution in [2.24, 2.45) is 0 Å². The van der Waals surface area contributed by atoms with Crippen molar-refractivity contribution in [3.63, 3.8) is 0 Å². The van der Waals surface area contributed by atoms with E-state index in [1.807, 2.05) is 85.8 Å². The summed E-state index contributed by atoms with van der Waals surface area (Å²) in [5.74, 6) is 1.51. The molecule has 2 N–H and O–H groups in total. The Morgan fingerprint density at radius 2 is 1.72 bits per heavy atom. The molecule has 5 rings (SSSR count). The molecule has 3 aromatic carbocycles. The van der Waals surface area contributed by atoms with Crippen molar-refractivity contribution in [3.05, 3.63) is 102 Å². The van der Waals surface area contributed by atoms with Crippen molar-refractivity contribution >= 4 is 45.9 Å². The van der Waals surface area contributed by atoms with Gasteiger partial charge >= 0.3 is 0 Å². The molecule has 39 heavy (non-hydrogen) atoms. The van der Waals surface area contributed by atoms with Crippen molar-refractivity contribution in [3.8, 4) is 5.75 Å². The number of benzene rings is 3. The minimum absolute atomic E-state index is 0.191. The normalized spacial score (nSPS) is 11.0. The SMILES string of the molecule is COc1ccc(Sc2ccc(C(=O)Nc3ccccc3C)cc2Nc2ncnc3nc(C(C)C)ccc23)cc1. The van der Waals surface area contributed by atoms with Crippen LogP contribution in [0.1, 0.15) is 41.4 Å². The number of anilines is 3. The second-order valence-electron chi connectivity index (χ2n) is 9.37. The number of methoxy groups -OCH3 is 1. The number of carbonyl (C=O) groups is 1. The Balaban J connectivity index is 1.52. The number of hydrogen-bond donors (Lipinski definition) is 2. The Morgan fingerprint density at radius 1 is 0.923 bits per heavy atom. The van der Waals surface area contributed by atoms with Crippen LogP contribution in [0.5, 0.6) is 5.75 Å². The average Bonchev–Trinajstić information content (AvgIpc) is 2.95. The number of fused-ring (bicyclic) bond motifs is 1. The summed E-state index contributed by atoms with van der Waals surface area (Å²) in [4.78, 5) is 28.8. The highest BCUT2D eigenvalue weighted by molar-refractivity contribution is 7.99. The first-order chi connectivity index (χ1) is 18.9. The number of aryl methyl sites for hydroxylation is 1. The van der Waals surface area contributed by atoms with Gasteiger partial charge in [0.2, 0.25) is 0 Å². The fourth-order valence-corrected chi connectivity index (χ4v) is 4.92. The molecule has 0 aliphatic rings. The van der Waals surface area contributed by atoms with Crippen molar-refractivity contribution in [1.82, 2.24) is 15.0 Å². The molecule has 7 nitrogen and oxygen atoms in total. The minimum Gasteiger partial charge on any atom is -0.497 e. The van der Waals surface area contributed by atoms with Gasteiger partial charge in [0.1, 0.15) is 17.9 Å². The Morgan fingerprint density at radius 3 is 2.46 bits per heavy atom. The molecule has 1 amide bonds. The van der Waals surface area contributed by atoms with Crippen molar-refractivity contribution in [1.29, 1.82) is 0 Å². The predicted molar refractivity (Wildman–Crippen MR) is 157 cm³/mol. The monoisotopic (exact) mass is 535 g/mol. The number of para-hydroxylation sites is 1. The molecule has 0 unspecified atom stereocenters. The highest BCUT2D eigenvalue weighted by atomic mass is 32.2. The second kappa shape index (κ2) is 11.5. The standard InChI is InChI=1S/C31H29N5O2S/c1-19(2)25-15-14-24-29(34-25)32-18-33-30(24)35-27-17-21(31(37)36-26-8-6-5-7-20(26)3)9-16-28(27)39-23-12-10-22(38-4)11-13-23/h5-19H,1-4H3,(H,36,37)(H,32,33,34,35). The van der Waals surface area contributed by atoms with Crippen LogP contribution >= 0.6 is 11.8 Å². The zero-order chi connectivity index (χ0) is 27.4. The highest BCUT2D eigenvalue weighted by Crippen LogP contribution is 2.37. The first kappa shape index (κ1) is 26.2. The molecule has 0 radical (unpaired) electrons. The van der Waals surface area contributed by atoms with Gasteiger partial charge in [-0.3, -0.25) is 4.79 Å². The number of amides is 1. The number of carbonyl (C=O) groups excluding carboxylic acids is 1. The van der Waals surface area contributed by atoms with E-state index in [2.05, 4.69) is 34.4 Å². The summed E-state index contributed by atoms with van der Waals surface area (Å²) >= 11 is 1.58. The molecule has 0 aliphatic carbocycles. The predicted octanol–water partition coefficient (Wildman–Crippen LogP) is 7.61. The van der Waals surface area contributed by atoms with E-state index < -0.39 is 0 Å². The maximum absolute atomic E-state index is 13.2. The van der Waals surface area contributed by atoms with Gasteiger partial charge in [-0.15, -0.1) is 0 Å². The van der Waals surface area contributed by atoms with Gasteiger partial charge in [-0.2, -0.15) is 0 Å². The molecule has 2 aromatic heterocycles. The topological polar surface area (TPSA) is 89.0 Å². The van der Waals surface area contributed by atoms with E-state index in [4.69, 9.17) is 9.72 Å². The lowest BCUT2D eigenvalue weighted by Crippen LogP contribution is -2.13. The van der Waals surface area contributed by atoms with Crippen LogP contribution in [0.2, 0.25) is 0 Å². The van der Waals surface area contributed by atoms with E-state index in [0.29, 0.717) is 17.0 Å². The van der Waals surface area contributed by atoms with E-state index in [0.717, 1.165) is 43.6 Å². The van der Waals surface area contributed by atoms with Crippen LogP contribution in [-0.2, 0) is 0 Å². The third-order valence-corrected chi connectivity index (χ3v) is 7.37. The van der Waals surface area contributed by atoms with Gasteiger partial charge in [0, 0.05) is 26.7 Å². The number of ether oxygens (including phenoxy) is 1. The number of nitrogens with zero attached hydrogens (tertiary/aromatic N) is 3. The number of rotatable bonds is 8. The highest BCUT2D eigenvalue weighted by Gasteiger charge is 2.15. The fourth-order valence-electron chi connectivity index (χ4n) is 4.04. The van der Waals surface area contributed by atoms with Gasteiger partial charge in [0.05, 0.1) is 18.2 Å². The summed E-state index contributed by atoms with van der Waals surface area (Å²) in [6.07, 6.45) is 1.51. The summed E-state index contributed by atoms with van der Waals surface area (Å²) < 4.78 is 5.30. The molecule has 0 atom stereocenters. The van der Waals surface area contributed by atoms with Gasteiger partial charge in [-0.05, 0) is 79.1 Å². The van der Waals surface area contributed by atoms with Gasteiger partial charge in [0.15, 0.2) is 5.65 Å². The van der Waals surface area contributed by atoms with Crippen molar-refractivity contribution < 1.29 is 9.53 Å². The van der Waals surface area contributed by atoms with Gasteiger partial charge in [-0.25, -0.2) is 15.0 Å². The van der Waals surface area contributed by atoms with Crippen LogP contribution < -0.4 is 15.4 Å². The zero-order valence-corrected chi connectivity index (χ0v) is 23.0. The van der Waals surface area contributed by atoms with Crippen LogP contribution in [0.25, 0.3) is 11.0 Å². The molecule has 0 bridgehead atoms. The number of pyridine rings is 1. The van der Waals surface area contributed by atoms with E-state index in [9.17, 15) is 4.79 Å². The lowest BCUT2D eigenvalue weighted by Gasteiger charge is -2.15.